The summed E-state index contributed by atoms with van der Waals surface area (Å²) in [6.45, 7) is 6.27. The van der Waals surface area contributed by atoms with Gasteiger partial charge in [-0.3, -0.25) is 4.79 Å². The third-order valence-electron chi connectivity index (χ3n) is 2.86. The Morgan fingerprint density at radius 2 is 2.25 bits per heavy atom. The number of aromatic nitrogens is 1. The molecular weight excluding hydrogens is 268 g/mol. The monoisotopic (exact) mass is 284 g/mol. The van der Waals surface area contributed by atoms with E-state index in [0.29, 0.717) is 16.1 Å². The van der Waals surface area contributed by atoms with Gasteiger partial charge in [0, 0.05) is 12.2 Å². The topological polar surface area (TPSA) is 42.0 Å². The average molecular weight is 285 g/mol. The van der Waals surface area contributed by atoms with Crippen LogP contribution in [0.1, 0.15) is 37.6 Å². The van der Waals surface area contributed by atoms with Gasteiger partial charge in [-0.2, -0.15) is 0 Å². The highest BCUT2D eigenvalue weighted by atomic mass is 79.9. The van der Waals surface area contributed by atoms with Gasteiger partial charge in [-0.15, -0.1) is 0 Å². The molecule has 0 saturated heterocycles. The van der Waals surface area contributed by atoms with Crippen LogP contribution in [0.5, 0.6) is 0 Å². The Kier molecular flexibility index (Phi) is 4.93. The molecule has 0 spiro atoms. The van der Waals surface area contributed by atoms with Crippen LogP contribution in [0.2, 0.25) is 0 Å². The highest BCUT2D eigenvalue weighted by molar-refractivity contribution is 9.10. The molecule has 1 heterocycles. The summed E-state index contributed by atoms with van der Waals surface area (Å²) in [5, 5.41) is 2.98. The Bertz CT molecular complexity index is 368. The van der Waals surface area contributed by atoms with Crippen molar-refractivity contribution in [1.82, 2.24) is 10.3 Å². The fraction of sp³-hybridized carbons (Fsp3) is 0.500. The van der Waals surface area contributed by atoms with Crippen molar-refractivity contribution in [3.05, 3.63) is 28.5 Å². The zero-order valence-electron chi connectivity index (χ0n) is 9.83. The van der Waals surface area contributed by atoms with Crippen LogP contribution in [0.4, 0.5) is 0 Å². The minimum absolute atomic E-state index is 0.0761. The van der Waals surface area contributed by atoms with E-state index in [1.165, 1.54) is 0 Å². The van der Waals surface area contributed by atoms with E-state index in [4.69, 9.17) is 0 Å². The van der Waals surface area contributed by atoms with Crippen LogP contribution in [0.15, 0.2) is 22.9 Å². The Labute approximate surface area is 105 Å². The number of nitrogens with one attached hydrogen (secondary N) is 1. The van der Waals surface area contributed by atoms with Gasteiger partial charge in [0.2, 0.25) is 0 Å². The van der Waals surface area contributed by atoms with Gasteiger partial charge < -0.3 is 5.32 Å². The maximum Gasteiger partial charge on any atom is 0.254 e. The van der Waals surface area contributed by atoms with Crippen molar-refractivity contribution < 1.29 is 4.79 Å². The molecule has 0 aromatic carbocycles. The van der Waals surface area contributed by atoms with E-state index >= 15 is 0 Å². The van der Waals surface area contributed by atoms with Gasteiger partial charge in [-0.05, 0) is 40.9 Å². The second-order valence-corrected chi connectivity index (χ2v) is 4.74. The number of amides is 1. The van der Waals surface area contributed by atoms with E-state index in [0.717, 1.165) is 6.42 Å². The van der Waals surface area contributed by atoms with E-state index in [1.807, 2.05) is 6.92 Å². The summed E-state index contributed by atoms with van der Waals surface area (Å²) in [5.74, 6) is 0.396. The zero-order chi connectivity index (χ0) is 12.1. The normalized spacial score (nSPS) is 14.2. The van der Waals surface area contributed by atoms with Gasteiger partial charge in [0.25, 0.3) is 5.91 Å². The predicted octanol–water partition coefficient (Wildman–Crippen LogP) is 3.01. The van der Waals surface area contributed by atoms with E-state index in [2.05, 4.69) is 40.1 Å². The highest BCUT2D eigenvalue weighted by Crippen LogP contribution is 2.14. The van der Waals surface area contributed by atoms with Gasteiger partial charge in [0.15, 0.2) is 0 Å². The fourth-order valence-corrected chi connectivity index (χ4v) is 1.77. The molecule has 0 aliphatic carbocycles. The molecular formula is C12H17BrN2O. The molecule has 0 aliphatic rings. The van der Waals surface area contributed by atoms with E-state index in [1.54, 1.807) is 18.3 Å². The Balaban J connectivity index is 2.70. The lowest BCUT2D eigenvalue weighted by Gasteiger charge is -2.19. The molecule has 0 bridgehead atoms. The number of nitrogens with zero attached hydrogens (tertiary/aromatic N) is 1. The molecule has 1 N–H and O–H groups in total. The summed E-state index contributed by atoms with van der Waals surface area (Å²) in [6, 6.07) is 3.69. The summed E-state index contributed by atoms with van der Waals surface area (Å²) in [4.78, 5) is 15.9. The maximum atomic E-state index is 11.9. The number of pyridine rings is 1. The quantitative estimate of drug-likeness (QED) is 0.864. The van der Waals surface area contributed by atoms with Crippen molar-refractivity contribution in [1.29, 1.82) is 0 Å². The summed E-state index contributed by atoms with van der Waals surface area (Å²) < 4.78 is 0.587. The van der Waals surface area contributed by atoms with E-state index < -0.39 is 0 Å². The fourth-order valence-electron chi connectivity index (χ4n) is 1.34. The molecule has 4 heteroatoms. The van der Waals surface area contributed by atoms with Crippen molar-refractivity contribution in [3.8, 4) is 0 Å². The van der Waals surface area contributed by atoms with E-state index in [9.17, 15) is 4.79 Å². The molecule has 0 fully saturated rings. The summed E-state index contributed by atoms with van der Waals surface area (Å²) in [5.41, 5.74) is 0.581. The minimum Gasteiger partial charge on any atom is -0.349 e. The van der Waals surface area contributed by atoms with Gasteiger partial charge in [0.1, 0.15) is 4.60 Å². The van der Waals surface area contributed by atoms with Gasteiger partial charge >= 0.3 is 0 Å². The van der Waals surface area contributed by atoms with Crippen LogP contribution in [0, 0.1) is 5.92 Å². The number of hydrogen-bond donors (Lipinski definition) is 1. The summed E-state index contributed by atoms with van der Waals surface area (Å²) >= 11 is 3.27. The number of rotatable bonds is 4. The molecule has 3 nitrogen and oxygen atoms in total. The lowest BCUT2D eigenvalue weighted by Crippen LogP contribution is -2.37. The number of halogens is 1. The molecule has 2 unspecified atom stereocenters. The summed E-state index contributed by atoms with van der Waals surface area (Å²) in [6.07, 6.45) is 2.70. The Morgan fingerprint density at radius 1 is 1.56 bits per heavy atom. The highest BCUT2D eigenvalue weighted by Gasteiger charge is 2.16. The van der Waals surface area contributed by atoms with E-state index in [-0.39, 0.29) is 11.9 Å². The number of hydrogen-bond acceptors (Lipinski definition) is 2. The van der Waals surface area contributed by atoms with Crippen molar-refractivity contribution in [2.24, 2.45) is 5.92 Å². The van der Waals surface area contributed by atoms with Gasteiger partial charge in [-0.25, -0.2) is 4.98 Å². The first kappa shape index (κ1) is 13.2. The zero-order valence-corrected chi connectivity index (χ0v) is 11.4. The standard InChI is InChI=1S/C12H17BrN2O/c1-4-8(2)9(3)15-12(16)10-6-5-7-14-11(10)13/h5-9H,4H2,1-3H3,(H,15,16). The van der Waals surface area contributed by atoms with Crippen LogP contribution in [-0.4, -0.2) is 16.9 Å². The molecule has 0 radical (unpaired) electrons. The second-order valence-electron chi connectivity index (χ2n) is 3.99. The molecule has 1 amide bonds. The van der Waals surface area contributed by atoms with Gasteiger partial charge in [0.05, 0.1) is 5.56 Å². The van der Waals surface area contributed by atoms with Crippen molar-refractivity contribution in [3.63, 3.8) is 0 Å². The first-order valence-corrected chi connectivity index (χ1v) is 6.27. The number of carbonyl (C=O) groups excluding carboxylic acids is 1. The van der Waals surface area contributed by atoms with Crippen molar-refractivity contribution in [2.45, 2.75) is 33.2 Å². The molecule has 88 valence electrons. The smallest absolute Gasteiger partial charge is 0.254 e. The third kappa shape index (κ3) is 3.30. The number of carbonyl (C=O) groups is 1. The molecule has 0 saturated carbocycles. The van der Waals surface area contributed by atoms with Gasteiger partial charge in [-0.1, -0.05) is 20.3 Å². The largest absolute Gasteiger partial charge is 0.349 e. The molecule has 1 aromatic heterocycles. The molecule has 1 aromatic rings. The van der Waals surface area contributed by atoms with Crippen LogP contribution in [-0.2, 0) is 0 Å². The lowest BCUT2D eigenvalue weighted by atomic mass is 10.0. The maximum absolute atomic E-state index is 11.9. The average Bonchev–Trinajstić information content (AvgIpc) is 2.28. The third-order valence-corrected chi connectivity index (χ3v) is 3.49. The SMILES string of the molecule is CCC(C)C(C)NC(=O)c1cccnc1Br. The molecule has 0 aliphatic heterocycles. The van der Waals surface area contributed by atoms with Crippen molar-refractivity contribution >= 4 is 21.8 Å². The van der Waals surface area contributed by atoms with Crippen LogP contribution < -0.4 is 5.32 Å². The first-order valence-electron chi connectivity index (χ1n) is 5.47. The predicted molar refractivity (Wildman–Crippen MR) is 68.3 cm³/mol. The lowest BCUT2D eigenvalue weighted by molar-refractivity contribution is 0.0927. The second kappa shape index (κ2) is 5.99. The first-order chi connectivity index (χ1) is 7.56. The summed E-state index contributed by atoms with van der Waals surface area (Å²) in [7, 11) is 0. The molecule has 16 heavy (non-hydrogen) atoms. The minimum atomic E-state index is -0.0761. The van der Waals surface area contributed by atoms with Crippen LogP contribution in [0.25, 0.3) is 0 Å². The Morgan fingerprint density at radius 3 is 2.81 bits per heavy atom. The van der Waals surface area contributed by atoms with Crippen molar-refractivity contribution in [2.75, 3.05) is 0 Å². The Hall–Kier alpha value is -0.900. The van der Waals surface area contributed by atoms with Crippen LogP contribution >= 0.6 is 15.9 Å². The van der Waals surface area contributed by atoms with Crippen LogP contribution in [0.3, 0.4) is 0 Å². The molecule has 2 atom stereocenters. The molecule has 1 rings (SSSR count).